The third-order valence-electron chi connectivity index (χ3n) is 2.03. The van der Waals surface area contributed by atoms with E-state index < -0.39 is 0 Å². The molecule has 0 atom stereocenters. The second-order valence-electron chi connectivity index (χ2n) is 3.40. The van der Waals surface area contributed by atoms with Gasteiger partial charge < -0.3 is 15.1 Å². The van der Waals surface area contributed by atoms with Gasteiger partial charge >= 0.3 is 6.01 Å². The van der Waals surface area contributed by atoms with E-state index in [1.807, 2.05) is 0 Å². The molecule has 0 spiro atoms. The molecule has 0 aliphatic heterocycles. The Labute approximate surface area is 118 Å². The standard InChI is InChI=1S/C10H9Cl3N4O/c1-14-4-8-16-17-10(18-8)15-9-6(12)2-5(11)3-7(9)13/h2-3,14H,4H2,1H3,(H,15,17). The average molecular weight is 308 g/mol. The zero-order valence-corrected chi connectivity index (χ0v) is 11.6. The number of nitrogens with zero attached hydrogens (tertiary/aromatic N) is 2. The van der Waals surface area contributed by atoms with Gasteiger partial charge in [-0.3, -0.25) is 0 Å². The van der Waals surface area contributed by atoms with E-state index in [0.29, 0.717) is 33.2 Å². The lowest BCUT2D eigenvalue weighted by molar-refractivity contribution is 0.493. The lowest BCUT2D eigenvalue weighted by atomic mass is 10.3. The van der Waals surface area contributed by atoms with Crippen LogP contribution in [0.1, 0.15) is 5.89 Å². The van der Waals surface area contributed by atoms with E-state index in [1.54, 1.807) is 19.2 Å². The number of benzene rings is 1. The van der Waals surface area contributed by atoms with Crippen LogP contribution in [0, 0.1) is 0 Å². The van der Waals surface area contributed by atoms with Gasteiger partial charge in [0.25, 0.3) is 0 Å². The highest BCUT2D eigenvalue weighted by atomic mass is 35.5. The fourth-order valence-electron chi connectivity index (χ4n) is 1.30. The van der Waals surface area contributed by atoms with Gasteiger partial charge in [-0.25, -0.2) is 0 Å². The Hall–Kier alpha value is -1.01. The molecule has 0 saturated heterocycles. The van der Waals surface area contributed by atoms with Crippen LogP contribution in [-0.4, -0.2) is 17.2 Å². The van der Waals surface area contributed by atoms with Gasteiger partial charge in [0.05, 0.1) is 22.3 Å². The van der Waals surface area contributed by atoms with Crippen molar-refractivity contribution in [1.29, 1.82) is 0 Å². The van der Waals surface area contributed by atoms with Crippen LogP contribution in [0.15, 0.2) is 16.5 Å². The maximum absolute atomic E-state index is 6.02. The summed E-state index contributed by atoms with van der Waals surface area (Å²) in [4.78, 5) is 0. The van der Waals surface area contributed by atoms with Gasteiger partial charge in [0.1, 0.15) is 0 Å². The average Bonchev–Trinajstić information content (AvgIpc) is 2.72. The Bertz CT molecular complexity index is 535. The molecule has 2 rings (SSSR count). The van der Waals surface area contributed by atoms with Crippen molar-refractivity contribution in [2.45, 2.75) is 6.54 Å². The maximum atomic E-state index is 6.02. The predicted octanol–water partition coefficient (Wildman–Crippen LogP) is 3.49. The molecule has 0 fully saturated rings. The van der Waals surface area contributed by atoms with E-state index in [0.717, 1.165) is 0 Å². The Morgan fingerprint density at radius 2 is 1.83 bits per heavy atom. The summed E-state index contributed by atoms with van der Waals surface area (Å²) in [5, 5.41) is 14.6. The molecular formula is C10H9Cl3N4O. The molecule has 8 heteroatoms. The van der Waals surface area contributed by atoms with Gasteiger partial charge in [-0.15, -0.1) is 5.10 Å². The Morgan fingerprint density at radius 1 is 1.17 bits per heavy atom. The third kappa shape index (κ3) is 3.05. The van der Waals surface area contributed by atoms with Crippen molar-refractivity contribution in [3.05, 3.63) is 33.1 Å². The number of aromatic nitrogens is 2. The summed E-state index contributed by atoms with van der Waals surface area (Å²) in [6.07, 6.45) is 0. The molecule has 1 aromatic heterocycles. The van der Waals surface area contributed by atoms with E-state index in [2.05, 4.69) is 20.8 Å². The highest BCUT2D eigenvalue weighted by Crippen LogP contribution is 2.35. The van der Waals surface area contributed by atoms with Crippen LogP contribution in [-0.2, 0) is 6.54 Å². The van der Waals surface area contributed by atoms with E-state index >= 15 is 0 Å². The van der Waals surface area contributed by atoms with Gasteiger partial charge in [0, 0.05) is 5.02 Å². The molecule has 1 aromatic carbocycles. The Morgan fingerprint density at radius 3 is 2.44 bits per heavy atom. The highest BCUT2D eigenvalue weighted by molar-refractivity contribution is 6.41. The second kappa shape index (κ2) is 5.75. The van der Waals surface area contributed by atoms with Gasteiger partial charge in [-0.1, -0.05) is 39.9 Å². The van der Waals surface area contributed by atoms with E-state index in [-0.39, 0.29) is 6.01 Å². The van der Waals surface area contributed by atoms with Crippen molar-refractivity contribution in [3.8, 4) is 0 Å². The molecule has 0 aliphatic rings. The maximum Gasteiger partial charge on any atom is 0.320 e. The summed E-state index contributed by atoms with van der Waals surface area (Å²) in [5.74, 6) is 0.459. The summed E-state index contributed by atoms with van der Waals surface area (Å²) >= 11 is 17.9. The Kier molecular flexibility index (Phi) is 4.29. The first-order valence-corrected chi connectivity index (χ1v) is 6.12. The van der Waals surface area contributed by atoms with Crippen LogP contribution in [0.4, 0.5) is 11.7 Å². The molecule has 0 saturated carbocycles. The summed E-state index contributed by atoms with van der Waals surface area (Å²) < 4.78 is 5.32. The van der Waals surface area contributed by atoms with Gasteiger partial charge in [-0.05, 0) is 19.2 Å². The topological polar surface area (TPSA) is 63.0 Å². The van der Waals surface area contributed by atoms with Crippen molar-refractivity contribution in [3.63, 3.8) is 0 Å². The summed E-state index contributed by atoms with van der Waals surface area (Å²) in [6.45, 7) is 0.483. The number of anilines is 2. The summed E-state index contributed by atoms with van der Waals surface area (Å²) in [5.41, 5.74) is 0.474. The van der Waals surface area contributed by atoms with Crippen molar-refractivity contribution < 1.29 is 4.42 Å². The molecule has 0 amide bonds. The minimum Gasteiger partial charge on any atom is -0.406 e. The number of halogens is 3. The normalized spacial score (nSPS) is 10.7. The lowest BCUT2D eigenvalue weighted by Crippen LogP contribution is -2.04. The molecule has 0 bridgehead atoms. The molecule has 2 N–H and O–H groups in total. The van der Waals surface area contributed by atoms with Gasteiger partial charge in [-0.2, -0.15) is 0 Å². The minimum absolute atomic E-state index is 0.214. The molecule has 18 heavy (non-hydrogen) atoms. The van der Waals surface area contributed by atoms with E-state index in [4.69, 9.17) is 39.2 Å². The zero-order chi connectivity index (χ0) is 13.1. The number of hydrogen-bond acceptors (Lipinski definition) is 5. The fourth-order valence-corrected chi connectivity index (χ4v) is 2.21. The molecule has 0 unspecified atom stereocenters. The Balaban J connectivity index is 2.22. The SMILES string of the molecule is CNCc1nnc(Nc2c(Cl)cc(Cl)cc2Cl)o1. The largest absolute Gasteiger partial charge is 0.406 e. The number of nitrogens with one attached hydrogen (secondary N) is 2. The van der Waals surface area contributed by atoms with Crippen LogP contribution in [0.3, 0.4) is 0 Å². The first-order chi connectivity index (χ1) is 8.60. The van der Waals surface area contributed by atoms with Crippen molar-refractivity contribution in [2.24, 2.45) is 0 Å². The zero-order valence-electron chi connectivity index (χ0n) is 9.30. The van der Waals surface area contributed by atoms with Gasteiger partial charge in [0.15, 0.2) is 0 Å². The van der Waals surface area contributed by atoms with Crippen molar-refractivity contribution >= 4 is 46.5 Å². The van der Waals surface area contributed by atoms with Gasteiger partial charge in [0.2, 0.25) is 5.89 Å². The molecule has 96 valence electrons. The first kappa shape index (κ1) is 13.4. The number of hydrogen-bond donors (Lipinski definition) is 2. The van der Waals surface area contributed by atoms with E-state index in [1.165, 1.54) is 0 Å². The quantitative estimate of drug-likeness (QED) is 0.905. The second-order valence-corrected chi connectivity index (χ2v) is 4.65. The molecule has 1 heterocycles. The van der Waals surface area contributed by atoms with Crippen LogP contribution < -0.4 is 10.6 Å². The molecule has 2 aromatic rings. The molecule has 0 aliphatic carbocycles. The van der Waals surface area contributed by atoms with Crippen LogP contribution in [0.5, 0.6) is 0 Å². The molecule has 0 radical (unpaired) electrons. The highest BCUT2D eigenvalue weighted by Gasteiger charge is 2.11. The summed E-state index contributed by atoms with van der Waals surface area (Å²) in [7, 11) is 1.78. The predicted molar refractivity (Wildman–Crippen MR) is 71.8 cm³/mol. The first-order valence-electron chi connectivity index (χ1n) is 4.98. The summed E-state index contributed by atoms with van der Waals surface area (Å²) in [6, 6.07) is 3.36. The monoisotopic (exact) mass is 306 g/mol. The fraction of sp³-hybridized carbons (Fsp3) is 0.200. The van der Waals surface area contributed by atoms with Crippen LogP contribution in [0.25, 0.3) is 0 Å². The minimum atomic E-state index is 0.214. The lowest BCUT2D eigenvalue weighted by Gasteiger charge is -2.07. The molecular weight excluding hydrogens is 298 g/mol. The van der Waals surface area contributed by atoms with Crippen LogP contribution >= 0.6 is 34.8 Å². The van der Waals surface area contributed by atoms with Crippen molar-refractivity contribution in [2.75, 3.05) is 12.4 Å². The molecule has 5 nitrogen and oxygen atoms in total. The van der Waals surface area contributed by atoms with E-state index in [9.17, 15) is 0 Å². The van der Waals surface area contributed by atoms with Crippen LogP contribution in [0.2, 0.25) is 15.1 Å². The third-order valence-corrected chi connectivity index (χ3v) is 2.85. The number of rotatable bonds is 4. The smallest absolute Gasteiger partial charge is 0.320 e. The van der Waals surface area contributed by atoms with Crippen molar-refractivity contribution in [1.82, 2.24) is 15.5 Å².